The second-order valence-electron chi connectivity index (χ2n) is 5.43. The van der Waals surface area contributed by atoms with Gasteiger partial charge >= 0.3 is 0 Å². The largest absolute Gasteiger partial charge is 0.311 e. The fraction of sp³-hybridized carbons (Fsp3) is 0.353. The Balaban J connectivity index is 2.10. The van der Waals surface area contributed by atoms with Gasteiger partial charge in [0.1, 0.15) is 11.6 Å². The van der Waals surface area contributed by atoms with Crippen LogP contribution in [0.3, 0.4) is 0 Å². The third-order valence-electron chi connectivity index (χ3n) is 3.89. The number of allylic oxidation sites excluding steroid dienone is 2. The van der Waals surface area contributed by atoms with Crippen LogP contribution in [-0.2, 0) is 11.2 Å². The van der Waals surface area contributed by atoms with Crippen molar-refractivity contribution in [3.63, 3.8) is 0 Å². The summed E-state index contributed by atoms with van der Waals surface area (Å²) in [6, 6.07) is 3.59. The molecule has 1 atom stereocenters. The van der Waals surface area contributed by atoms with E-state index < -0.39 is 11.6 Å². The van der Waals surface area contributed by atoms with Gasteiger partial charge in [0.2, 0.25) is 5.91 Å². The Bertz CT molecular complexity index is 627. The monoisotopic (exact) mass is 325 g/mol. The van der Waals surface area contributed by atoms with Gasteiger partial charge in [-0.05, 0) is 37.3 Å². The summed E-state index contributed by atoms with van der Waals surface area (Å²) in [5.41, 5.74) is 0.932. The molecule has 0 bridgehead atoms. The Morgan fingerprint density at radius 2 is 2.23 bits per heavy atom. The molecule has 1 aromatic carbocycles. The van der Waals surface area contributed by atoms with E-state index in [9.17, 15) is 13.6 Å². The fourth-order valence-electron chi connectivity index (χ4n) is 2.63. The van der Waals surface area contributed by atoms with Crippen LogP contribution in [0.15, 0.2) is 41.6 Å². The number of nitrogens with zero attached hydrogens (tertiary/aromatic N) is 1. The summed E-state index contributed by atoms with van der Waals surface area (Å²) in [5, 5.41) is 0.432. The Morgan fingerprint density at radius 1 is 1.50 bits per heavy atom. The molecule has 0 saturated carbocycles. The zero-order valence-electron chi connectivity index (χ0n) is 12.4. The minimum absolute atomic E-state index is 0.0270. The first kappa shape index (κ1) is 16.7. The Hall–Kier alpha value is -1.68. The van der Waals surface area contributed by atoms with Crippen LogP contribution in [0.2, 0.25) is 0 Å². The lowest BCUT2D eigenvalue weighted by Crippen LogP contribution is -2.39. The zero-order chi connectivity index (χ0) is 16.3. The maximum atomic E-state index is 13.8. The van der Waals surface area contributed by atoms with Gasteiger partial charge in [-0.2, -0.15) is 0 Å². The number of amides is 1. The Kier molecular flexibility index (Phi) is 5.35. The third kappa shape index (κ3) is 3.74. The average Bonchev–Trinajstić information content (AvgIpc) is 2.50. The van der Waals surface area contributed by atoms with E-state index in [0.29, 0.717) is 42.1 Å². The molecule has 118 valence electrons. The molecule has 1 amide bonds. The van der Waals surface area contributed by atoms with E-state index in [4.69, 9.17) is 11.6 Å². The van der Waals surface area contributed by atoms with Crippen molar-refractivity contribution in [2.24, 2.45) is 5.92 Å². The highest BCUT2D eigenvalue weighted by atomic mass is 35.5. The van der Waals surface area contributed by atoms with E-state index >= 15 is 0 Å². The number of benzene rings is 1. The molecule has 2 nitrogen and oxygen atoms in total. The van der Waals surface area contributed by atoms with Crippen molar-refractivity contribution in [3.05, 3.63) is 58.8 Å². The molecular formula is C17H18ClF2NO. The maximum Gasteiger partial charge on any atom is 0.227 e. The normalized spacial score (nSPS) is 19.5. The average molecular weight is 326 g/mol. The molecule has 0 N–H and O–H groups in total. The van der Waals surface area contributed by atoms with Gasteiger partial charge in [-0.15, -0.1) is 0 Å². The Morgan fingerprint density at radius 3 is 2.86 bits per heavy atom. The third-order valence-corrected chi connectivity index (χ3v) is 4.32. The summed E-state index contributed by atoms with van der Waals surface area (Å²) in [5.74, 6) is -1.07. The van der Waals surface area contributed by atoms with Gasteiger partial charge in [-0.1, -0.05) is 30.3 Å². The molecule has 1 saturated heterocycles. The lowest BCUT2D eigenvalue weighted by Gasteiger charge is -2.33. The molecule has 5 heteroatoms. The molecule has 1 aliphatic rings. The first-order valence-corrected chi connectivity index (χ1v) is 7.55. The zero-order valence-corrected chi connectivity index (χ0v) is 13.2. The van der Waals surface area contributed by atoms with Crippen molar-refractivity contribution in [1.29, 1.82) is 0 Å². The number of hydrogen-bond acceptors (Lipinski definition) is 1. The predicted octanol–water partition coefficient (Wildman–Crippen LogP) is 4.40. The summed E-state index contributed by atoms with van der Waals surface area (Å²) in [7, 11) is 0. The number of carbonyl (C=O) groups is 1. The van der Waals surface area contributed by atoms with Gasteiger partial charge in [-0.25, -0.2) is 8.78 Å². The summed E-state index contributed by atoms with van der Waals surface area (Å²) in [6.07, 6.45) is 3.18. The number of rotatable bonds is 4. The van der Waals surface area contributed by atoms with Crippen LogP contribution in [-0.4, -0.2) is 17.4 Å². The molecule has 1 unspecified atom stereocenters. The molecule has 0 spiro atoms. The van der Waals surface area contributed by atoms with Crippen molar-refractivity contribution in [2.45, 2.75) is 26.2 Å². The maximum absolute atomic E-state index is 13.8. The molecule has 1 aromatic rings. The van der Waals surface area contributed by atoms with E-state index in [1.165, 1.54) is 12.1 Å². The summed E-state index contributed by atoms with van der Waals surface area (Å²) in [6.45, 7) is 6.07. The van der Waals surface area contributed by atoms with Crippen LogP contribution >= 0.6 is 11.6 Å². The first-order chi connectivity index (χ1) is 10.4. The smallest absolute Gasteiger partial charge is 0.227 e. The second kappa shape index (κ2) is 7.05. The van der Waals surface area contributed by atoms with Crippen LogP contribution in [0.4, 0.5) is 8.78 Å². The molecule has 0 radical (unpaired) electrons. The molecule has 1 aliphatic heterocycles. The molecule has 0 aromatic heterocycles. The lowest BCUT2D eigenvalue weighted by atomic mass is 9.90. The van der Waals surface area contributed by atoms with E-state index in [-0.39, 0.29) is 11.8 Å². The molecule has 22 heavy (non-hydrogen) atoms. The molecule has 2 rings (SSSR count). The highest BCUT2D eigenvalue weighted by molar-refractivity contribution is 6.32. The van der Waals surface area contributed by atoms with Crippen LogP contribution in [0.5, 0.6) is 0 Å². The highest BCUT2D eigenvalue weighted by Gasteiger charge is 2.28. The second-order valence-corrected chi connectivity index (χ2v) is 5.84. The standard InChI is InChI=1S/C17H18ClF2NO/c1-3-15(18)11(2)21-10-12(4-7-17(21)22)8-13-5-6-14(19)9-16(13)20/h3,5-6,9,12H,2,4,7-8,10H2,1H3/b15-3+. The highest BCUT2D eigenvalue weighted by Crippen LogP contribution is 2.28. The minimum Gasteiger partial charge on any atom is -0.311 e. The molecule has 0 aliphatic carbocycles. The number of piperidine rings is 1. The number of hydrogen-bond donors (Lipinski definition) is 0. The quantitative estimate of drug-likeness (QED) is 0.751. The van der Waals surface area contributed by atoms with Crippen molar-refractivity contribution in [2.75, 3.05) is 6.54 Å². The van der Waals surface area contributed by atoms with Gasteiger partial charge in [0.05, 0.1) is 10.7 Å². The van der Waals surface area contributed by atoms with Gasteiger partial charge < -0.3 is 4.90 Å². The number of likely N-dealkylation sites (tertiary alicyclic amines) is 1. The fourth-order valence-corrected chi connectivity index (χ4v) is 2.74. The van der Waals surface area contributed by atoms with Crippen LogP contribution in [0.25, 0.3) is 0 Å². The van der Waals surface area contributed by atoms with Crippen molar-refractivity contribution in [3.8, 4) is 0 Å². The first-order valence-electron chi connectivity index (χ1n) is 7.17. The summed E-state index contributed by atoms with van der Waals surface area (Å²) in [4.78, 5) is 13.6. The molecule has 1 fully saturated rings. The van der Waals surface area contributed by atoms with Crippen LogP contribution < -0.4 is 0 Å². The van der Waals surface area contributed by atoms with E-state index in [2.05, 4.69) is 6.58 Å². The number of halogens is 3. The molecule has 1 heterocycles. The van der Waals surface area contributed by atoms with Crippen LogP contribution in [0.1, 0.15) is 25.3 Å². The SMILES string of the molecule is C=C(/C(Cl)=C\C)N1CC(Cc2ccc(F)cc2F)CCC1=O. The topological polar surface area (TPSA) is 20.3 Å². The predicted molar refractivity (Wildman–Crippen MR) is 83.2 cm³/mol. The van der Waals surface area contributed by atoms with Gasteiger partial charge in [-0.3, -0.25) is 4.79 Å². The van der Waals surface area contributed by atoms with E-state index in [1.807, 2.05) is 0 Å². The van der Waals surface area contributed by atoms with E-state index in [1.54, 1.807) is 17.9 Å². The van der Waals surface area contributed by atoms with Gasteiger partial charge in [0, 0.05) is 19.0 Å². The van der Waals surface area contributed by atoms with Crippen LogP contribution in [0, 0.1) is 17.6 Å². The molecular weight excluding hydrogens is 308 g/mol. The van der Waals surface area contributed by atoms with Gasteiger partial charge in [0.25, 0.3) is 0 Å². The van der Waals surface area contributed by atoms with E-state index in [0.717, 1.165) is 6.07 Å². The van der Waals surface area contributed by atoms with Crippen molar-refractivity contribution in [1.82, 2.24) is 4.90 Å². The number of carbonyl (C=O) groups excluding carboxylic acids is 1. The van der Waals surface area contributed by atoms with Gasteiger partial charge in [0.15, 0.2) is 0 Å². The Labute approximate surface area is 134 Å². The summed E-state index contributed by atoms with van der Waals surface area (Å²) < 4.78 is 26.7. The lowest BCUT2D eigenvalue weighted by molar-refractivity contribution is -0.132. The van der Waals surface area contributed by atoms with Crippen molar-refractivity contribution >= 4 is 17.5 Å². The van der Waals surface area contributed by atoms with Crippen molar-refractivity contribution < 1.29 is 13.6 Å². The minimum atomic E-state index is -0.588. The summed E-state index contributed by atoms with van der Waals surface area (Å²) >= 11 is 6.03.